The number of benzene rings is 1. The monoisotopic (exact) mass is 242 g/mol. The van der Waals surface area contributed by atoms with Crippen molar-refractivity contribution < 1.29 is 0 Å². The average Bonchev–Trinajstić information content (AvgIpc) is 2.76. The molecule has 96 valence electrons. The van der Waals surface area contributed by atoms with Gasteiger partial charge in [0.1, 0.15) is 0 Å². The van der Waals surface area contributed by atoms with Crippen molar-refractivity contribution in [2.75, 3.05) is 13.1 Å². The molecule has 0 saturated carbocycles. The first-order chi connectivity index (χ1) is 8.79. The molecule has 1 saturated heterocycles. The van der Waals surface area contributed by atoms with Gasteiger partial charge in [-0.3, -0.25) is 0 Å². The van der Waals surface area contributed by atoms with E-state index >= 15 is 0 Å². The summed E-state index contributed by atoms with van der Waals surface area (Å²) in [4.78, 5) is 0. The fourth-order valence-corrected chi connectivity index (χ4v) is 3.14. The molecule has 2 nitrogen and oxygen atoms in total. The molecular formula is C16H22N2. The number of hydrogen-bond acceptors (Lipinski definition) is 1. The Kier molecular flexibility index (Phi) is 3.13. The van der Waals surface area contributed by atoms with E-state index in [1.54, 1.807) is 0 Å². The number of hydrogen-bond donors (Lipinski definition) is 1. The highest BCUT2D eigenvalue weighted by atomic mass is 15.0. The lowest BCUT2D eigenvalue weighted by Crippen LogP contribution is -2.29. The maximum Gasteiger partial charge on any atom is 0.0480 e. The number of fused-ring (bicyclic) bond motifs is 1. The van der Waals surface area contributed by atoms with Gasteiger partial charge in [0.25, 0.3) is 0 Å². The number of nitrogens with zero attached hydrogens (tertiary/aromatic N) is 1. The molecule has 0 radical (unpaired) electrons. The minimum Gasteiger partial charge on any atom is -0.347 e. The summed E-state index contributed by atoms with van der Waals surface area (Å²) in [6.07, 6.45) is 3.73. The summed E-state index contributed by atoms with van der Waals surface area (Å²) in [5.41, 5.74) is 4.29. The highest BCUT2D eigenvalue weighted by Gasteiger charge is 2.19. The first kappa shape index (κ1) is 11.8. The van der Waals surface area contributed by atoms with Crippen LogP contribution in [-0.4, -0.2) is 17.7 Å². The molecular weight excluding hydrogens is 220 g/mol. The highest BCUT2D eigenvalue weighted by molar-refractivity contribution is 5.82. The van der Waals surface area contributed by atoms with E-state index in [0.717, 1.165) is 13.0 Å². The van der Waals surface area contributed by atoms with Crippen LogP contribution in [0.2, 0.25) is 0 Å². The van der Waals surface area contributed by atoms with E-state index in [1.165, 1.54) is 41.5 Å². The molecule has 1 aromatic carbocycles. The predicted octanol–water partition coefficient (Wildman–Crippen LogP) is 3.21. The Morgan fingerprint density at radius 3 is 2.94 bits per heavy atom. The van der Waals surface area contributed by atoms with Gasteiger partial charge in [0.05, 0.1) is 0 Å². The highest BCUT2D eigenvalue weighted by Crippen LogP contribution is 2.29. The molecule has 0 amide bonds. The van der Waals surface area contributed by atoms with Gasteiger partial charge in [0.15, 0.2) is 0 Å². The molecule has 2 heteroatoms. The van der Waals surface area contributed by atoms with Crippen LogP contribution in [0.4, 0.5) is 0 Å². The molecule has 0 bridgehead atoms. The summed E-state index contributed by atoms with van der Waals surface area (Å²) in [5, 5.41) is 4.91. The summed E-state index contributed by atoms with van der Waals surface area (Å²) >= 11 is 0. The van der Waals surface area contributed by atoms with Crippen LogP contribution in [-0.2, 0) is 13.5 Å². The second-order valence-corrected chi connectivity index (χ2v) is 5.42. The Labute approximate surface area is 109 Å². The van der Waals surface area contributed by atoms with Crippen molar-refractivity contribution in [3.8, 4) is 0 Å². The third-order valence-electron chi connectivity index (χ3n) is 4.27. The van der Waals surface area contributed by atoms with Gasteiger partial charge in [-0.25, -0.2) is 0 Å². The van der Waals surface area contributed by atoms with E-state index in [1.807, 2.05) is 0 Å². The number of nitrogens with one attached hydrogen (secondary N) is 1. The van der Waals surface area contributed by atoms with E-state index in [0.29, 0.717) is 5.92 Å². The lowest BCUT2D eigenvalue weighted by Gasteiger charge is -2.23. The summed E-state index contributed by atoms with van der Waals surface area (Å²) in [7, 11) is 2.21. The molecule has 1 unspecified atom stereocenters. The third kappa shape index (κ3) is 1.95. The second kappa shape index (κ2) is 4.77. The quantitative estimate of drug-likeness (QED) is 0.855. The van der Waals surface area contributed by atoms with Crippen molar-refractivity contribution in [1.29, 1.82) is 0 Å². The molecule has 2 heterocycles. The van der Waals surface area contributed by atoms with Crippen LogP contribution in [0, 0.1) is 0 Å². The van der Waals surface area contributed by atoms with E-state index in [9.17, 15) is 0 Å². The Balaban J connectivity index is 2.04. The largest absolute Gasteiger partial charge is 0.347 e. The summed E-state index contributed by atoms with van der Waals surface area (Å²) in [6.45, 7) is 4.53. The fraction of sp³-hybridized carbons (Fsp3) is 0.500. The molecule has 18 heavy (non-hydrogen) atoms. The molecule has 2 aromatic rings. The van der Waals surface area contributed by atoms with Crippen LogP contribution < -0.4 is 5.32 Å². The molecule has 1 aromatic heterocycles. The second-order valence-electron chi connectivity index (χ2n) is 5.42. The van der Waals surface area contributed by atoms with Crippen molar-refractivity contribution in [2.45, 2.75) is 32.1 Å². The Morgan fingerprint density at radius 2 is 2.22 bits per heavy atom. The summed E-state index contributed by atoms with van der Waals surface area (Å²) < 4.78 is 2.38. The minimum atomic E-state index is 0.682. The fourth-order valence-electron chi connectivity index (χ4n) is 3.14. The molecule has 1 fully saturated rings. The van der Waals surface area contributed by atoms with Gasteiger partial charge in [-0.15, -0.1) is 0 Å². The number of piperidine rings is 1. The maximum atomic E-state index is 3.51. The van der Waals surface area contributed by atoms with Crippen molar-refractivity contribution >= 4 is 10.9 Å². The zero-order chi connectivity index (χ0) is 12.5. The number of aromatic nitrogens is 1. The van der Waals surface area contributed by atoms with Crippen LogP contribution in [0.1, 0.15) is 36.9 Å². The zero-order valence-electron chi connectivity index (χ0n) is 11.4. The van der Waals surface area contributed by atoms with Crippen molar-refractivity contribution in [2.24, 2.45) is 7.05 Å². The standard InChI is InChI=1S/C16H22N2/c1-3-12-6-7-15-14(9-12)10-16(18(15)2)13-5-4-8-17-11-13/h6-7,9-10,13,17H,3-5,8,11H2,1-2H3. The first-order valence-corrected chi connectivity index (χ1v) is 7.08. The SMILES string of the molecule is CCc1ccc2c(c1)cc(C1CCCNC1)n2C. The van der Waals surface area contributed by atoms with Crippen LogP contribution in [0.15, 0.2) is 24.3 Å². The smallest absolute Gasteiger partial charge is 0.0480 e. The molecule has 1 N–H and O–H groups in total. The van der Waals surface area contributed by atoms with Gasteiger partial charge in [0, 0.05) is 36.1 Å². The van der Waals surface area contributed by atoms with Crippen molar-refractivity contribution in [3.05, 3.63) is 35.5 Å². The number of aryl methyl sites for hydroxylation is 2. The Bertz CT molecular complexity index is 547. The molecule has 3 rings (SSSR count). The Morgan fingerprint density at radius 1 is 1.33 bits per heavy atom. The van der Waals surface area contributed by atoms with Crippen LogP contribution >= 0.6 is 0 Å². The maximum absolute atomic E-state index is 3.51. The molecule has 0 spiro atoms. The third-order valence-corrected chi connectivity index (χ3v) is 4.27. The molecule has 1 aliphatic heterocycles. The van der Waals surface area contributed by atoms with E-state index in [4.69, 9.17) is 0 Å². The van der Waals surface area contributed by atoms with Crippen molar-refractivity contribution in [1.82, 2.24) is 9.88 Å². The molecule has 1 aliphatic rings. The zero-order valence-corrected chi connectivity index (χ0v) is 11.4. The summed E-state index contributed by atoms with van der Waals surface area (Å²) in [6, 6.07) is 9.26. The minimum absolute atomic E-state index is 0.682. The first-order valence-electron chi connectivity index (χ1n) is 7.08. The van der Waals surface area contributed by atoms with Gasteiger partial charge in [-0.05, 0) is 49.6 Å². The van der Waals surface area contributed by atoms with Crippen molar-refractivity contribution in [3.63, 3.8) is 0 Å². The van der Waals surface area contributed by atoms with Crippen LogP contribution in [0.3, 0.4) is 0 Å². The van der Waals surface area contributed by atoms with Crippen LogP contribution in [0.25, 0.3) is 10.9 Å². The lowest BCUT2D eigenvalue weighted by atomic mass is 9.96. The topological polar surface area (TPSA) is 17.0 Å². The van der Waals surface area contributed by atoms with E-state index in [2.05, 4.69) is 48.1 Å². The Hall–Kier alpha value is -1.28. The van der Waals surface area contributed by atoms with E-state index in [-0.39, 0.29) is 0 Å². The number of rotatable bonds is 2. The average molecular weight is 242 g/mol. The van der Waals surface area contributed by atoms with Gasteiger partial charge in [-0.1, -0.05) is 13.0 Å². The normalized spacial score (nSPS) is 20.4. The van der Waals surface area contributed by atoms with Gasteiger partial charge < -0.3 is 9.88 Å². The van der Waals surface area contributed by atoms with E-state index < -0.39 is 0 Å². The van der Waals surface area contributed by atoms with Crippen LogP contribution in [0.5, 0.6) is 0 Å². The molecule has 0 aliphatic carbocycles. The molecule has 1 atom stereocenters. The summed E-state index contributed by atoms with van der Waals surface area (Å²) in [5.74, 6) is 0.682. The van der Waals surface area contributed by atoms with Gasteiger partial charge in [-0.2, -0.15) is 0 Å². The van der Waals surface area contributed by atoms with Gasteiger partial charge >= 0.3 is 0 Å². The lowest BCUT2D eigenvalue weighted by molar-refractivity contribution is 0.448. The predicted molar refractivity (Wildman–Crippen MR) is 77.1 cm³/mol. The van der Waals surface area contributed by atoms with Gasteiger partial charge in [0.2, 0.25) is 0 Å².